The highest BCUT2D eigenvalue weighted by molar-refractivity contribution is 5.99. The molecule has 2 N–H and O–H groups in total. The van der Waals surface area contributed by atoms with Crippen LogP contribution in [-0.2, 0) is 4.79 Å². The quantitative estimate of drug-likeness (QED) is 0.499. The molecule has 10 heteroatoms. The first-order valence-corrected chi connectivity index (χ1v) is 13.6. The minimum atomic E-state index is -0.252. The number of carbonyl (C=O) groups excluding carboxylic acids is 2. The molecule has 2 aliphatic carbocycles. The van der Waals surface area contributed by atoms with Crippen molar-refractivity contribution >= 4 is 40.2 Å². The molecule has 0 aromatic carbocycles. The van der Waals surface area contributed by atoms with Gasteiger partial charge in [-0.2, -0.15) is 4.98 Å². The molecule has 3 aromatic heterocycles. The number of aryl methyl sites for hydroxylation is 1. The number of hydrogen-bond donors (Lipinski definition) is 2. The average molecular weight is 514 g/mol. The van der Waals surface area contributed by atoms with Crippen LogP contribution in [-0.4, -0.2) is 49.8 Å². The summed E-state index contributed by atoms with van der Waals surface area (Å²) >= 11 is 0. The third kappa shape index (κ3) is 3.81. The van der Waals surface area contributed by atoms with Crippen molar-refractivity contribution in [2.45, 2.75) is 70.5 Å². The summed E-state index contributed by atoms with van der Waals surface area (Å²) in [5, 5.41) is 7.41. The number of nitrogens with zero attached hydrogens (tertiary/aromatic N) is 5. The minimum Gasteiger partial charge on any atom is -0.309 e. The number of amides is 1. The molecular formula is C28H31N7O3. The lowest BCUT2D eigenvalue weighted by Crippen LogP contribution is -2.37. The lowest BCUT2D eigenvalue weighted by atomic mass is 10.0. The zero-order valence-electron chi connectivity index (χ0n) is 21.6. The molecule has 10 nitrogen and oxygen atoms in total. The first-order valence-electron chi connectivity index (χ1n) is 13.6. The molecule has 2 saturated heterocycles. The van der Waals surface area contributed by atoms with Crippen molar-refractivity contribution in [3.8, 4) is 0 Å². The van der Waals surface area contributed by atoms with Crippen LogP contribution >= 0.6 is 0 Å². The Bertz CT molecular complexity index is 1530. The number of fused-ring (bicyclic) bond motifs is 4. The number of rotatable bonds is 5. The third-order valence-corrected chi connectivity index (χ3v) is 8.96. The van der Waals surface area contributed by atoms with Gasteiger partial charge in [0.1, 0.15) is 11.5 Å². The molecule has 5 atom stereocenters. The molecule has 4 fully saturated rings. The van der Waals surface area contributed by atoms with Crippen LogP contribution in [0.2, 0.25) is 0 Å². The lowest BCUT2D eigenvalue weighted by molar-refractivity contribution is -0.118. The molecular weight excluding hydrogens is 482 g/mol. The van der Waals surface area contributed by atoms with Crippen LogP contribution in [0.15, 0.2) is 29.3 Å². The van der Waals surface area contributed by atoms with E-state index in [2.05, 4.69) is 20.6 Å². The van der Waals surface area contributed by atoms with E-state index in [0.29, 0.717) is 53.8 Å². The fraction of sp³-hybridized carbons (Fsp3) is 0.500. The molecule has 7 rings (SSSR count). The van der Waals surface area contributed by atoms with Crippen molar-refractivity contribution < 1.29 is 9.59 Å². The van der Waals surface area contributed by atoms with E-state index in [-0.39, 0.29) is 34.9 Å². The second kappa shape index (κ2) is 8.69. The topological polar surface area (TPSA) is 122 Å². The van der Waals surface area contributed by atoms with E-state index >= 15 is 0 Å². The number of Topliss-reactive ketones (excluding diaryl/α,β-unsaturated/α-hetero) is 1. The van der Waals surface area contributed by atoms with Gasteiger partial charge in [0, 0.05) is 42.7 Å². The summed E-state index contributed by atoms with van der Waals surface area (Å²) in [6.07, 6.45) is 9.20. The summed E-state index contributed by atoms with van der Waals surface area (Å²) in [5.74, 6) is 1.92. The van der Waals surface area contributed by atoms with Gasteiger partial charge < -0.3 is 15.5 Å². The van der Waals surface area contributed by atoms with Crippen molar-refractivity contribution in [3.63, 3.8) is 0 Å². The van der Waals surface area contributed by atoms with Crippen LogP contribution in [0.1, 0.15) is 67.4 Å². The largest absolute Gasteiger partial charge is 0.309 e. The Morgan fingerprint density at radius 2 is 1.92 bits per heavy atom. The molecule has 4 aliphatic rings. The summed E-state index contributed by atoms with van der Waals surface area (Å²) < 4.78 is 1.76. The fourth-order valence-electron chi connectivity index (χ4n) is 6.94. The highest BCUT2D eigenvalue weighted by atomic mass is 16.2. The number of anilines is 3. The second-order valence-electron chi connectivity index (χ2n) is 11.3. The fourth-order valence-corrected chi connectivity index (χ4v) is 6.94. The van der Waals surface area contributed by atoms with Gasteiger partial charge in [0.05, 0.1) is 17.4 Å². The number of carbonyl (C=O) groups is 2. The molecule has 2 aliphatic heterocycles. The summed E-state index contributed by atoms with van der Waals surface area (Å²) in [5.41, 5.74) is 1.93. The summed E-state index contributed by atoms with van der Waals surface area (Å²) in [6.45, 7) is 3.89. The summed E-state index contributed by atoms with van der Waals surface area (Å²) in [6, 6.07) is 4.36. The smallest absolute Gasteiger partial charge is 0.263 e. The van der Waals surface area contributed by atoms with Gasteiger partial charge in [0.25, 0.3) is 5.56 Å². The Hall–Kier alpha value is -3.66. The number of hydrogen-bond acceptors (Lipinski definition) is 8. The van der Waals surface area contributed by atoms with Crippen molar-refractivity contribution in [3.05, 3.63) is 46.0 Å². The third-order valence-electron chi connectivity index (χ3n) is 8.96. The molecule has 196 valence electrons. The van der Waals surface area contributed by atoms with Crippen molar-refractivity contribution in [2.24, 2.45) is 11.8 Å². The van der Waals surface area contributed by atoms with E-state index in [1.54, 1.807) is 23.9 Å². The van der Waals surface area contributed by atoms with Gasteiger partial charge in [-0.15, -0.1) is 0 Å². The predicted octanol–water partition coefficient (Wildman–Crippen LogP) is 3.27. The van der Waals surface area contributed by atoms with Crippen molar-refractivity contribution in [1.29, 1.82) is 0 Å². The maximum atomic E-state index is 13.6. The van der Waals surface area contributed by atoms with Gasteiger partial charge >= 0.3 is 0 Å². The van der Waals surface area contributed by atoms with Gasteiger partial charge in [-0.05, 0) is 75.5 Å². The van der Waals surface area contributed by atoms with Crippen LogP contribution in [0, 0.1) is 18.8 Å². The normalized spacial score (nSPS) is 27.9. The summed E-state index contributed by atoms with van der Waals surface area (Å²) in [7, 11) is 0. The number of pyridine rings is 2. The maximum Gasteiger partial charge on any atom is 0.263 e. The van der Waals surface area contributed by atoms with Crippen molar-refractivity contribution in [1.82, 2.24) is 24.8 Å². The van der Waals surface area contributed by atoms with Crippen LogP contribution < -0.4 is 21.1 Å². The molecule has 2 saturated carbocycles. The predicted molar refractivity (Wildman–Crippen MR) is 143 cm³/mol. The molecule has 3 unspecified atom stereocenters. The first-order chi connectivity index (χ1) is 18.4. The first kappa shape index (κ1) is 23.5. The molecule has 1 amide bonds. The van der Waals surface area contributed by atoms with E-state index in [1.165, 1.54) is 6.92 Å². The Morgan fingerprint density at radius 1 is 1.08 bits per heavy atom. The average Bonchev–Trinajstić information content (AvgIpc) is 3.40. The molecule has 5 heterocycles. The summed E-state index contributed by atoms with van der Waals surface area (Å²) in [4.78, 5) is 54.4. The molecule has 0 spiro atoms. The van der Waals surface area contributed by atoms with Crippen LogP contribution in [0.5, 0.6) is 0 Å². The van der Waals surface area contributed by atoms with Crippen LogP contribution in [0.25, 0.3) is 11.0 Å². The van der Waals surface area contributed by atoms with Gasteiger partial charge in [0.2, 0.25) is 11.9 Å². The monoisotopic (exact) mass is 513 g/mol. The van der Waals surface area contributed by atoms with E-state index in [9.17, 15) is 14.4 Å². The van der Waals surface area contributed by atoms with E-state index in [1.807, 2.05) is 17.0 Å². The van der Waals surface area contributed by atoms with Gasteiger partial charge in [0.15, 0.2) is 5.78 Å². The molecule has 0 radical (unpaired) electrons. The Labute approximate surface area is 219 Å². The zero-order chi connectivity index (χ0) is 26.1. The maximum absolute atomic E-state index is 13.6. The van der Waals surface area contributed by atoms with Crippen LogP contribution in [0.3, 0.4) is 0 Å². The van der Waals surface area contributed by atoms with E-state index < -0.39 is 0 Å². The van der Waals surface area contributed by atoms with Crippen molar-refractivity contribution in [2.75, 3.05) is 16.8 Å². The SMILES string of the molecule is CC(=O)c1c(C)c2cnc(Nc3ccc(N4C[C@H]5CC[C@@H](CC4=O)N5)cn3)nc2n(C2CCC3CC32)c1=O. The van der Waals surface area contributed by atoms with E-state index in [0.717, 1.165) is 43.2 Å². The van der Waals surface area contributed by atoms with Crippen LogP contribution in [0.4, 0.5) is 17.5 Å². The minimum absolute atomic E-state index is 0.0600. The molecule has 2 bridgehead atoms. The Morgan fingerprint density at radius 3 is 2.63 bits per heavy atom. The molecule has 3 aromatic rings. The number of aromatic nitrogens is 4. The zero-order valence-corrected chi connectivity index (χ0v) is 21.6. The Kier molecular flexibility index (Phi) is 5.36. The number of nitrogens with one attached hydrogen (secondary N) is 2. The Balaban J connectivity index is 1.21. The standard InChI is InChI=1S/C28H31N7O3/c1-14-21-12-30-28(33-26(21)35(27(38)25(14)15(2)36)22-7-3-16-9-20(16)22)32-23-8-6-19(11-29-23)34-13-18-5-4-17(31-18)10-24(34)37/h6,8,11-12,16-18,20,22,31H,3-5,7,9-10,13H2,1-2H3,(H,29,30,32,33)/t16?,17-,18+,20?,22?/m0/s1. The van der Waals surface area contributed by atoms with E-state index in [4.69, 9.17) is 4.98 Å². The lowest BCUT2D eigenvalue weighted by Gasteiger charge is -2.24. The highest BCUT2D eigenvalue weighted by Gasteiger charge is 2.49. The second-order valence-corrected chi connectivity index (χ2v) is 11.3. The molecule has 38 heavy (non-hydrogen) atoms. The van der Waals surface area contributed by atoms with Gasteiger partial charge in [-0.25, -0.2) is 9.97 Å². The van der Waals surface area contributed by atoms with Gasteiger partial charge in [-0.3, -0.25) is 19.0 Å². The number of ketones is 1. The highest BCUT2D eigenvalue weighted by Crippen LogP contribution is 2.57. The van der Waals surface area contributed by atoms with Gasteiger partial charge in [-0.1, -0.05) is 0 Å².